The molecule has 0 aliphatic heterocycles. The maximum absolute atomic E-state index is 6.30. The quantitative estimate of drug-likeness (QED) is 0.799. The summed E-state index contributed by atoms with van der Waals surface area (Å²) in [5.74, 6) is 1.60. The van der Waals surface area contributed by atoms with Gasteiger partial charge < -0.3 is 10.3 Å². The second-order valence-corrected chi connectivity index (χ2v) is 5.05. The lowest BCUT2D eigenvalue weighted by atomic mass is 10.2. The molecule has 2 aromatic heterocycles. The first-order valence-electron chi connectivity index (χ1n) is 7.08. The summed E-state index contributed by atoms with van der Waals surface area (Å²) in [6.45, 7) is 5.60. The Hall–Kier alpha value is -2.56. The van der Waals surface area contributed by atoms with Crippen molar-refractivity contribution in [3.63, 3.8) is 0 Å². The molecule has 0 saturated carbocycles. The molecule has 0 saturated heterocycles. The SMILES string of the molecule is CCn1cc(-c2nc(C)n(Cc3ccccc3)c2N)cn1. The van der Waals surface area contributed by atoms with Crippen LogP contribution >= 0.6 is 0 Å². The van der Waals surface area contributed by atoms with Crippen molar-refractivity contribution >= 4 is 5.82 Å². The van der Waals surface area contributed by atoms with Gasteiger partial charge in [0.1, 0.15) is 17.3 Å². The van der Waals surface area contributed by atoms with E-state index in [4.69, 9.17) is 5.73 Å². The van der Waals surface area contributed by atoms with Gasteiger partial charge in [-0.25, -0.2) is 4.98 Å². The van der Waals surface area contributed by atoms with Gasteiger partial charge in [-0.1, -0.05) is 30.3 Å². The number of nitrogens with zero attached hydrogens (tertiary/aromatic N) is 4. The number of nitrogen functional groups attached to an aromatic ring is 1. The summed E-state index contributed by atoms with van der Waals surface area (Å²) in [5.41, 5.74) is 9.28. The predicted molar refractivity (Wildman–Crippen MR) is 83.8 cm³/mol. The fourth-order valence-corrected chi connectivity index (χ4v) is 2.42. The van der Waals surface area contributed by atoms with E-state index in [9.17, 15) is 0 Å². The molecule has 0 bridgehead atoms. The molecule has 3 rings (SSSR count). The molecule has 21 heavy (non-hydrogen) atoms. The molecule has 0 radical (unpaired) electrons. The van der Waals surface area contributed by atoms with E-state index in [2.05, 4.69) is 29.1 Å². The third-order valence-electron chi connectivity index (χ3n) is 3.61. The van der Waals surface area contributed by atoms with E-state index in [1.165, 1.54) is 5.56 Å². The average molecular weight is 281 g/mol. The van der Waals surface area contributed by atoms with Crippen molar-refractivity contribution in [1.82, 2.24) is 19.3 Å². The molecule has 5 nitrogen and oxygen atoms in total. The van der Waals surface area contributed by atoms with Crippen LogP contribution < -0.4 is 5.73 Å². The largest absolute Gasteiger partial charge is 0.383 e. The molecular weight excluding hydrogens is 262 g/mol. The summed E-state index contributed by atoms with van der Waals surface area (Å²) in [6, 6.07) is 10.3. The van der Waals surface area contributed by atoms with E-state index in [1.54, 1.807) is 0 Å². The predicted octanol–water partition coefficient (Wildman–Crippen LogP) is 2.71. The van der Waals surface area contributed by atoms with Crippen molar-refractivity contribution in [3.05, 3.63) is 54.1 Å². The van der Waals surface area contributed by atoms with Crippen LogP contribution in [0, 0.1) is 6.92 Å². The molecule has 0 aliphatic carbocycles. The van der Waals surface area contributed by atoms with Gasteiger partial charge in [0.25, 0.3) is 0 Å². The highest BCUT2D eigenvalue weighted by atomic mass is 15.3. The monoisotopic (exact) mass is 281 g/mol. The molecule has 108 valence electrons. The zero-order valence-corrected chi connectivity index (χ0v) is 12.3. The Bertz CT molecular complexity index is 739. The lowest BCUT2D eigenvalue weighted by Crippen LogP contribution is -2.06. The number of aryl methyl sites for hydroxylation is 2. The summed E-state index contributed by atoms with van der Waals surface area (Å²) >= 11 is 0. The molecule has 1 aromatic carbocycles. The first kappa shape index (κ1) is 13.4. The summed E-state index contributed by atoms with van der Waals surface area (Å²) in [5, 5.41) is 4.29. The van der Waals surface area contributed by atoms with E-state index in [-0.39, 0.29) is 0 Å². The van der Waals surface area contributed by atoms with E-state index in [1.807, 2.05) is 46.8 Å². The Morgan fingerprint density at radius 1 is 1.19 bits per heavy atom. The Morgan fingerprint density at radius 2 is 1.95 bits per heavy atom. The molecule has 0 unspecified atom stereocenters. The highest BCUT2D eigenvalue weighted by Gasteiger charge is 2.15. The minimum atomic E-state index is 0.687. The molecular formula is C16H19N5. The highest BCUT2D eigenvalue weighted by Crippen LogP contribution is 2.26. The topological polar surface area (TPSA) is 61.7 Å². The van der Waals surface area contributed by atoms with Crippen molar-refractivity contribution in [2.45, 2.75) is 26.9 Å². The molecule has 0 amide bonds. The van der Waals surface area contributed by atoms with Gasteiger partial charge in [-0.3, -0.25) is 4.68 Å². The first-order chi connectivity index (χ1) is 10.2. The standard InChI is InChI=1S/C16H19N5/c1-3-20-11-14(9-18-20)15-16(17)21(12(2)19-15)10-13-7-5-4-6-8-13/h4-9,11H,3,10,17H2,1-2H3. The molecule has 2 heterocycles. The molecule has 2 N–H and O–H groups in total. The number of nitrogens with two attached hydrogens (primary N) is 1. The lowest BCUT2D eigenvalue weighted by molar-refractivity contribution is 0.660. The lowest BCUT2D eigenvalue weighted by Gasteiger charge is -2.07. The fraction of sp³-hybridized carbons (Fsp3) is 0.250. The van der Waals surface area contributed by atoms with Crippen LogP contribution in [0.5, 0.6) is 0 Å². The number of benzene rings is 1. The van der Waals surface area contributed by atoms with Crippen LogP contribution in [0.25, 0.3) is 11.3 Å². The van der Waals surface area contributed by atoms with Crippen molar-refractivity contribution in [2.75, 3.05) is 5.73 Å². The van der Waals surface area contributed by atoms with E-state index >= 15 is 0 Å². The second kappa shape index (κ2) is 5.44. The van der Waals surface area contributed by atoms with Gasteiger partial charge in [0.2, 0.25) is 0 Å². The van der Waals surface area contributed by atoms with Crippen molar-refractivity contribution in [1.29, 1.82) is 0 Å². The van der Waals surface area contributed by atoms with Gasteiger partial charge in [-0.2, -0.15) is 5.10 Å². The van der Waals surface area contributed by atoms with Crippen molar-refractivity contribution < 1.29 is 0 Å². The van der Waals surface area contributed by atoms with E-state index in [0.29, 0.717) is 5.82 Å². The minimum Gasteiger partial charge on any atom is -0.383 e. The average Bonchev–Trinajstić information content (AvgIpc) is 3.08. The number of hydrogen-bond donors (Lipinski definition) is 1. The zero-order valence-electron chi connectivity index (χ0n) is 12.3. The number of rotatable bonds is 4. The van der Waals surface area contributed by atoms with Crippen LogP contribution in [0.1, 0.15) is 18.3 Å². The third-order valence-corrected chi connectivity index (χ3v) is 3.61. The zero-order chi connectivity index (χ0) is 14.8. The smallest absolute Gasteiger partial charge is 0.132 e. The normalized spacial score (nSPS) is 11.0. The van der Waals surface area contributed by atoms with Gasteiger partial charge in [-0.15, -0.1) is 0 Å². The number of aromatic nitrogens is 4. The van der Waals surface area contributed by atoms with Gasteiger partial charge in [0, 0.05) is 18.3 Å². The summed E-state index contributed by atoms with van der Waals surface area (Å²) in [7, 11) is 0. The number of imidazole rings is 1. The molecule has 0 atom stereocenters. The Kier molecular flexibility index (Phi) is 3.48. The van der Waals surface area contributed by atoms with E-state index in [0.717, 1.165) is 30.2 Å². The van der Waals surface area contributed by atoms with Crippen LogP contribution in [0.15, 0.2) is 42.7 Å². The maximum Gasteiger partial charge on any atom is 0.132 e. The van der Waals surface area contributed by atoms with Gasteiger partial charge >= 0.3 is 0 Å². The van der Waals surface area contributed by atoms with Crippen LogP contribution in [0.4, 0.5) is 5.82 Å². The Morgan fingerprint density at radius 3 is 2.62 bits per heavy atom. The van der Waals surface area contributed by atoms with Crippen molar-refractivity contribution in [3.8, 4) is 11.3 Å². The van der Waals surface area contributed by atoms with Gasteiger partial charge in [-0.05, 0) is 19.4 Å². The van der Waals surface area contributed by atoms with Crippen LogP contribution in [-0.4, -0.2) is 19.3 Å². The third kappa shape index (κ3) is 2.54. The minimum absolute atomic E-state index is 0.687. The molecule has 0 aliphatic rings. The van der Waals surface area contributed by atoms with Gasteiger partial charge in [0.15, 0.2) is 0 Å². The first-order valence-corrected chi connectivity index (χ1v) is 7.08. The number of hydrogen-bond acceptors (Lipinski definition) is 3. The van der Waals surface area contributed by atoms with Crippen molar-refractivity contribution in [2.24, 2.45) is 0 Å². The summed E-state index contributed by atoms with van der Waals surface area (Å²) in [6.07, 6.45) is 3.79. The van der Waals surface area contributed by atoms with Crippen LogP contribution in [-0.2, 0) is 13.1 Å². The Labute approximate surface area is 124 Å². The second-order valence-electron chi connectivity index (χ2n) is 5.05. The summed E-state index contributed by atoms with van der Waals surface area (Å²) in [4.78, 5) is 4.61. The maximum atomic E-state index is 6.30. The number of anilines is 1. The van der Waals surface area contributed by atoms with E-state index < -0.39 is 0 Å². The molecule has 0 fully saturated rings. The van der Waals surface area contributed by atoms with Gasteiger partial charge in [0.05, 0.1) is 12.7 Å². The molecule has 0 spiro atoms. The highest BCUT2D eigenvalue weighted by molar-refractivity contribution is 5.70. The fourth-order valence-electron chi connectivity index (χ4n) is 2.42. The Balaban J connectivity index is 1.96. The van der Waals surface area contributed by atoms with Crippen LogP contribution in [0.3, 0.4) is 0 Å². The molecule has 3 aromatic rings. The molecule has 5 heteroatoms. The van der Waals surface area contributed by atoms with Crippen LogP contribution in [0.2, 0.25) is 0 Å². The summed E-state index contributed by atoms with van der Waals surface area (Å²) < 4.78 is 3.91.